The highest BCUT2D eigenvalue weighted by Gasteiger charge is 2.47. The average Bonchev–Trinajstić information content (AvgIpc) is 3.64. The standard InChI is InChI=1S/C24H29NO4/c1-28-21-11-9-18(10-12-21)23(13-15-29-16-14-23)22(26)25-17-24(27,20-7-8-20)19-5-3-2-4-6-19/h2-6,9-12,20,27H,7-8,13-17H2,1H3,(H,25,26). The maximum Gasteiger partial charge on any atom is 0.230 e. The summed E-state index contributed by atoms with van der Waals surface area (Å²) in [7, 11) is 1.63. The van der Waals surface area contributed by atoms with Crippen molar-refractivity contribution in [2.24, 2.45) is 5.92 Å². The van der Waals surface area contributed by atoms with Gasteiger partial charge in [0.25, 0.3) is 0 Å². The molecule has 1 saturated heterocycles. The first-order chi connectivity index (χ1) is 14.1. The number of carbonyl (C=O) groups excluding carboxylic acids is 1. The van der Waals surface area contributed by atoms with Crippen molar-refractivity contribution in [2.45, 2.75) is 36.7 Å². The SMILES string of the molecule is COc1ccc(C2(C(=O)NCC(O)(c3ccccc3)C3CC3)CCOCC2)cc1. The molecule has 1 unspecified atom stereocenters. The molecule has 5 heteroatoms. The van der Waals surface area contributed by atoms with Crippen LogP contribution < -0.4 is 10.1 Å². The molecule has 1 aliphatic carbocycles. The Morgan fingerprint density at radius 2 is 1.79 bits per heavy atom. The maximum absolute atomic E-state index is 13.5. The van der Waals surface area contributed by atoms with Crippen LogP contribution in [-0.4, -0.2) is 37.9 Å². The first-order valence-corrected chi connectivity index (χ1v) is 10.4. The fourth-order valence-electron chi connectivity index (χ4n) is 4.43. The zero-order chi connectivity index (χ0) is 20.3. The molecular weight excluding hydrogens is 366 g/mol. The molecule has 0 bridgehead atoms. The van der Waals surface area contributed by atoms with Crippen LogP contribution in [-0.2, 0) is 20.5 Å². The van der Waals surface area contributed by atoms with Crippen LogP contribution in [0.3, 0.4) is 0 Å². The van der Waals surface area contributed by atoms with E-state index in [-0.39, 0.29) is 18.4 Å². The van der Waals surface area contributed by atoms with Crippen LogP contribution >= 0.6 is 0 Å². The number of ether oxygens (including phenoxy) is 2. The van der Waals surface area contributed by atoms with Crippen LogP contribution in [0.5, 0.6) is 5.75 Å². The number of carbonyl (C=O) groups is 1. The quantitative estimate of drug-likeness (QED) is 0.756. The van der Waals surface area contributed by atoms with Crippen molar-refractivity contribution in [3.8, 4) is 5.75 Å². The van der Waals surface area contributed by atoms with Gasteiger partial charge < -0.3 is 19.9 Å². The predicted octanol–water partition coefficient (Wildman–Crippen LogP) is 3.16. The van der Waals surface area contributed by atoms with Gasteiger partial charge in [0.15, 0.2) is 0 Å². The fourth-order valence-corrected chi connectivity index (χ4v) is 4.43. The third-order valence-electron chi connectivity index (χ3n) is 6.47. The van der Waals surface area contributed by atoms with Gasteiger partial charge in [0, 0.05) is 13.2 Å². The molecule has 2 aromatic rings. The van der Waals surface area contributed by atoms with E-state index >= 15 is 0 Å². The Labute approximate surface area is 172 Å². The van der Waals surface area contributed by atoms with Crippen molar-refractivity contribution in [1.82, 2.24) is 5.32 Å². The van der Waals surface area contributed by atoms with Gasteiger partial charge in [-0.05, 0) is 54.9 Å². The second-order valence-electron chi connectivity index (χ2n) is 8.17. The molecule has 29 heavy (non-hydrogen) atoms. The normalized spacial score (nSPS) is 20.5. The molecule has 4 rings (SSSR count). The minimum atomic E-state index is -1.02. The summed E-state index contributed by atoms with van der Waals surface area (Å²) in [6.45, 7) is 1.31. The number of rotatable bonds is 7. The number of methoxy groups -OCH3 is 1. The van der Waals surface area contributed by atoms with Crippen LogP contribution in [0.25, 0.3) is 0 Å². The zero-order valence-electron chi connectivity index (χ0n) is 16.9. The van der Waals surface area contributed by atoms with E-state index in [1.54, 1.807) is 7.11 Å². The molecule has 5 nitrogen and oxygen atoms in total. The van der Waals surface area contributed by atoms with Gasteiger partial charge in [-0.15, -0.1) is 0 Å². The molecule has 0 radical (unpaired) electrons. The molecule has 2 aliphatic rings. The van der Waals surface area contributed by atoms with Crippen LogP contribution in [0, 0.1) is 5.92 Å². The second-order valence-corrected chi connectivity index (χ2v) is 8.17. The van der Waals surface area contributed by atoms with Crippen molar-refractivity contribution < 1.29 is 19.4 Å². The van der Waals surface area contributed by atoms with Gasteiger partial charge in [0.05, 0.1) is 19.1 Å². The van der Waals surface area contributed by atoms with Gasteiger partial charge >= 0.3 is 0 Å². The summed E-state index contributed by atoms with van der Waals surface area (Å²) in [6.07, 6.45) is 3.22. The highest BCUT2D eigenvalue weighted by Crippen LogP contribution is 2.45. The van der Waals surface area contributed by atoms with E-state index in [2.05, 4.69) is 5.32 Å². The van der Waals surface area contributed by atoms with E-state index in [4.69, 9.17) is 9.47 Å². The Morgan fingerprint density at radius 3 is 2.38 bits per heavy atom. The van der Waals surface area contributed by atoms with Gasteiger partial charge in [0.2, 0.25) is 5.91 Å². The Hall–Kier alpha value is -2.37. The van der Waals surface area contributed by atoms with Crippen molar-refractivity contribution in [3.05, 3.63) is 65.7 Å². The molecule has 1 aliphatic heterocycles. The van der Waals surface area contributed by atoms with Crippen LogP contribution in [0.1, 0.15) is 36.8 Å². The third-order valence-corrected chi connectivity index (χ3v) is 6.47. The monoisotopic (exact) mass is 395 g/mol. The van der Waals surface area contributed by atoms with E-state index in [1.807, 2.05) is 54.6 Å². The topological polar surface area (TPSA) is 67.8 Å². The molecule has 0 spiro atoms. The highest BCUT2D eigenvalue weighted by atomic mass is 16.5. The summed E-state index contributed by atoms with van der Waals surface area (Å²) in [5, 5.41) is 14.5. The molecular formula is C24H29NO4. The lowest BCUT2D eigenvalue weighted by Gasteiger charge is -2.38. The van der Waals surface area contributed by atoms with E-state index in [0.717, 1.165) is 29.7 Å². The largest absolute Gasteiger partial charge is 0.497 e. The molecule has 2 N–H and O–H groups in total. The predicted molar refractivity (Wildman–Crippen MR) is 111 cm³/mol. The average molecular weight is 395 g/mol. The van der Waals surface area contributed by atoms with Crippen LogP contribution in [0.15, 0.2) is 54.6 Å². The lowest BCUT2D eigenvalue weighted by atomic mass is 9.73. The maximum atomic E-state index is 13.5. The van der Waals surface area contributed by atoms with Crippen molar-refractivity contribution >= 4 is 5.91 Å². The number of amides is 1. The van der Waals surface area contributed by atoms with Gasteiger partial charge in [-0.25, -0.2) is 0 Å². The molecule has 2 aromatic carbocycles. The molecule has 1 heterocycles. The van der Waals surface area contributed by atoms with E-state index in [1.165, 1.54) is 0 Å². The number of nitrogens with one attached hydrogen (secondary N) is 1. The van der Waals surface area contributed by atoms with Crippen molar-refractivity contribution in [1.29, 1.82) is 0 Å². The summed E-state index contributed by atoms with van der Waals surface area (Å²) in [6, 6.07) is 17.4. The summed E-state index contributed by atoms with van der Waals surface area (Å²) in [5.41, 5.74) is 0.163. The molecule has 154 valence electrons. The molecule has 1 atom stereocenters. The number of hydrogen-bond acceptors (Lipinski definition) is 4. The fraction of sp³-hybridized carbons (Fsp3) is 0.458. The molecule has 2 fully saturated rings. The molecule has 1 amide bonds. The Balaban J connectivity index is 1.56. The summed E-state index contributed by atoms with van der Waals surface area (Å²) < 4.78 is 10.8. The van der Waals surface area contributed by atoms with Crippen molar-refractivity contribution in [2.75, 3.05) is 26.9 Å². The van der Waals surface area contributed by atoms with E-state index in [0.29, 0.717) is 26.1 Å². The molecule has 0 aromatic heterocycles. The Bertz CT molecular complexity index is 826. The van der Waals surface area contributed by atoms with E-state index in [9.17, 15) is 9.90 Å². The van der Waals surface area contributed by atoms with Gasteiger partial charge in [-0.1, -0.05) is 42.5 Å². The summed E-state index contributed by atoms with van der Waals surface area (Å²) in [4.78, 5) is 13.5. The minimum Gasteiger partial charge on any atom is -0.497 e. The number of aliphatic hydroxyl groups is 1. The lowest BCUT2D eigenvalue weighted by molar-refractivity contribution is -0.132. The van der Waals surface area contributed by atoms with Crippen LogP contribution in [0.2, 0.25) is 0 Å². The highest BCUT2D eigenvalue weighted by molar-refractivity contribution is 5.88. The lowest BCUT2D eigenvalue weighted by Crippen LogP contribution is -2.52. The second kappa shape index (κ2) is 8.17. The molecule has 1 saturated carbocycles. The minimum absolute atomic E-state index is 0.0408. The Morgan fingerprint density at radius 1 is 1.14 bits per heavy atom. The van der Waals surface area contributed by atoms with Crippen molar-refractivity contribution in [3.63, 3.8) is 0 Å². The van der Waals surface area contributed by atoms with E-state index < -0.39 is 11.0 Å². The Kier molecular flexibility index (Phi) is 5.61. The first kappa shape index (κ1) is 19.9. The smallest absolute Gasteiger partial charge is 0.230 e. The van der Waals surface area contributed by atoms with Gasteiger partial charge in [0.1, 0.15) is 11.4 Å². The van der Waals surface area contributed by atoms with Gasteiger partial charge in [-0.2, -0.15) is 0 Å². The third kappa shape index (κ3) is 3.89. The first-order valence-electron chi connectivity index (χ1n) is 10.4. The number of hydrogen-bond donors (Lipinski definition) is 2. The zero-order valence-corrected chi connectivity index (χ0v) is 16.9. The summed E-state index contributed by atoms with van der Waals surface area (Å²) in [5.74, 6) is 0.918. The van der Waals surface area contributed by atoms with Gasteiger partial charge in [-0.3, -0.25) is 4.79 Å². The van der Waals surface area contributed by atoms with Crippen LogP contribution in [0.4, 0.5) is 0 Å². The number of benzene rings is 2. The summed E-state index contributed by atoms with van der Waals surface area (Å²) >= 11 is 0.